The van der Waals surface area contributed by atoms with Gasteiger partial charge in [0.25, 0.3) is 5.91 Å². The molecule has 9 heteroatoms. The van der Waals surface area contributed by atoms with E-state index in [1.165, 1.54) is 12.1 Å². The maximum Gasteiger partial charge on any atom is 0.253 e. The topological polar surface area (TPSA) is 58.2 Å². The SMILES string of the molecule is CSCCC(NC(=O)c1ccc(Cl)cc1Cl)C(=O)Nc1ccc(Cl)c(Cl)c1. The van der Waals surface area contributed by atoms with Gasteiger partial charge in [0.05, 0.1) is 20.6 Å². The summed E-state index contributed by atoms with van der Waals surface area (Å²) in [5.41, 5.74) is 0.736. The molecule has 4 nitrogen and oxygen atoms in total. The molecule has 1 atom stereocenters. The number of rotatable bonds is 7. The Hall–Kier alpha value is -1.11. The number of hydrogen-bond acceptors (Lipinski definition) is 3. The van der Waals surface area contributed by atoms with Gasteiger partial charge in [-0.3, -0.25) is 9.59 Å². The molecule has 27 heavy (non-hydrogen) atoms. The fourth-order valence-corrected chi connectivity index (χ4v) is 3.48. The lowest BCUT2D eigenvalue weighted by Crippen LogP contribution is -2.44. The predicted octanol–water partition coefficient (Wildman–Crippen LogP) is 5.79. The van der Waals surface area contributed by atoms with Crippen molar-refractivity contribution in [1.29, 1.82) is 0 Å². The molecule has 0 fully saturated rings. The van der Waals surface area contributed by atoms with Crippen molar-refractivity contribution < 1.29 is 9.59 Å². The molecule has 1 unspecified atom stereocenters. The third kappa shape index (κ3) is 6.47. The van der Waals surface area contributed by atoms with Crippen molar-refractivity contribution in [2.24, 2.45) is 0 Å². The van der Waals surface area contributed by atoms with Crippen molar-refractivity contribution in [3.8, 4) is 0 Å². The highest BCUT2D eigenvalue weighted by atomic mass is 35.5. The molecule has 0 heterocycles. The molecule has 0 radical (unpaired) electrons. The maximum atomic E-state index is 12.7. The van der Waals surface area contributed by atoms with E-state index in [0.717, 1.165) is 0 Å². The lowest BCUT2D eigenvalue weighted by atomic mass is 10.1. The fraction of sp³-hybridized carbons (Fsp3) is 0.222. The van der Waals surface area contributed by atoms with Crippen LogP contribution in [0.15, 0.2) is 36.4 Å². The Kier molecular flexibility index (Phi) is 8.58. The van der Waals surface area contributed by atoms with Crippen molar-refractivity contribution in [1.82, 2.24) is 5.32 Å². The molecule has 0 saturated carbocycles. The monoisotopic (exact) mass is 464 g/mol. The normalized spacial score (nSPS) is 11.7. The van der Waals surface area contributed by atoms with Crippen LogP contribution in [0.4, 0.5) is 5.69 Å². The van der Waals surface area contributed by atoms with Gasteiger partial charge in [-0.1, -0.05) is 46.4 Å². The second-order valence-electron chi connectivity index (χ2n) is 5.55. The Morgan fingerprint density at radius 1 is 1.00 bits per heavy atom. The van der Waals surface area contributed by atoms with Crippen LogP contribution >= 0.6 is 58.2 Å². The summed E-state index contributed by atoms with van der Waals surface area (Å²) in [6.45, 7) is 0. The van der Waals surface area contributed by atoms with Crippen molar-refractivity contribution >= 4 is 75.7 Å². The molecule has 2 rings (SSSR count). The van der Waals surface area contributed by atoms with E-state index in [0.29, 0.717) is 32.9 Å². The average molecular weight is 466 g/mol. The number of hydrogen-bond donors (Lipinski definition) is 2. The van der Waals surface area contributed by atoms with Crippen LogP contribution in [0.25, 0.3) is 0 Å². The highest BCUT2D eigenvalue weighted by Gasteiger charge is 2.22. The molecular weight excluding hydrogens is 450 g/mol. The van der Waals surface area contributed by atoms with Gasteiger partial charge in [-0.2, -0.15) is 11.8 Å². The number of halogens is 4. The molecule has 0 spiro atoms. The minimum Gasteiger partial charge on any atom is -0.340 e. The van der Waals surface area contributed by atoms with E-state index in [4.69, 9.17) is 46.4 Å². The maximum absolute atomic E-state index is 12.7. The molecule has 2 amide bonds. The van der Waals surface area contributed by atoms with Crippen molar-refractivity contribution in [2.45, 2.75) is 12.5 Å². The third-order valence-corrected chi connectivity index (χ3v) is 5.53. The van der Waals surface area contributed by atoms with Gasteiger partial charge < -0.3 is 10.6 Å². The Balaban J connectivity index is 2.14. The summed E-state index contributed by atoms with van der Waals surface area (Å²) >= 11 is 25.4. The summed E-state index contributed by atoms with van der Waals surface area (Å²) in [6.07, 6.45) is 2.37. The second-order valence-corrected chi connectivity index (χ2v) is 8.19. The van der Waals surface area contributed by atoms with Crippen LogP contribution in [0.5, 0.6) is 0 Å². The van der Waals surface area contributed by atoms with E-state index in [2.05, 4.69) is 10.6 Å². The molecule has 2 N–H and O–H groups in total. The summed E-state index contributed by atoms with van der Waals surface area (Å²) in [6, 6.07) is 8.58. The lowest BCUT2D eigenvalue weighted by molar-refractivity contribution is -0.118. The van der Waals surface area contributed by atoms with E-state index in [-0.39, 0.29) is 16.5 Å². The number of benzene rings is 2. The summed E-state index contributed by atoms with van der Waals surface area (Å²) in [5.74, 6) is -0.124. The summed E-state index contributed by atoms with van der Waals surface area (Å²) in [7, 11) is 0. The Labute approximate surface area is 181 Å². The first-order valence-corrected chi connectivity index (χ1v) is 10.7. The van der Waals surface area contributed by atoms with Crippen molar-refractivity contribution in [2.75, 3.05) is 17.3 Å². The average Bonchev–Trinajstić information content (AvgIpc) is 2.61. The second kappa shape index (κ2) is 10.4. The Morgan fingerprint density at radius 3 is 2.37 bits per heavy atom. The smallest absolute Gasteiger partial charge is 0.253 e. The van der Waals surface area contributed by atoms with Crippen LogP contribution in [0.2, 0.25) is 20.1 Å². The highest BCUT2D eigenvalue weighted by molar-refractivity contribution is 7.98. The van der Waals surface area contributed by atoms with Gasteiger partial charge >= 0.3 is 0 Å². The van der Waals surface area contributed by atoms with E-state index in [1.54, 1.807) is 36.0 Å². The Morgan fingerprint density at radius 2 is 1.74 bits per heavy atom. The number of thioether (sulfide) groups is 1. The fourth-order valence-electron chi connectivity index (χ4n) is 2.22. The van der Waals surface area contributed by atoms with Gasteiger partial charge in [-0.05, 0) is 54.8 Å². The Bertz CT molecular complexity index is 848. The first-order chi connectivity index (χ1) is 12.8. The van der Waals surface area contributed by atoms with Crippen molar-refractivity contribution in [3.63, 3.8) is 0 Å². The van der Waals surface area contributed by atoms with Gasteiger partial charge in [0.1, 0.15) is 6.04 Å². The van der Waals surface area contributed by atoms with Crippen LogP contribution < -0.4 is 10.6 Å². The van der Waals surface area contributed by atoms with E-state index < -0.39 is 11.9 Å². The van der Waals surface area contributed by atoms with Gasteiger partial charge in [0.2, 0.25) is 5.91 Å². The van der Waals surface area contributed by atoms with E-state index in [9.17, 15) is 9.59 Å². The molecule has 0 aliphatic rings. The minimum atomic E-state index is -0.744. The molecule has 0 aromatic heterocycles. The quantitative estimate of drug-likeness (QED) is 0.543. The minimum absolute atomic E-state index is 0.216. The molecule has 2 aromatic carbocycles. The molecule has 0 bridgehead atoms. The standard InChI is InChI=1S/C18H16Cl4N2O2S/c1-27-7-6-16(18(26)23-11-3-5-13(20)15(22)9-11)24-17(25)12-4-2-10(19)8-14(12)21/h2-5,8-9,16H,6-7H2,1H3,(H,23,26)(H,24,25). The first kappa shape index (κ1) is 22.2. The van der Waals surface area contributed by atoms with Crippen LogP contribution in [-0.4, -0.2) is 29.9 Å². The molecular formula is C18H16Cl4N2O2S. The third-order valence-electron chi connectivity index (χ3n) is 3.60. The van der Waals surface area contributed by atoms with Gasteiger partial charge in [0.15, 0.2) is 0 Å². The predicted molar refractivity (Wildman–Crippen MR) is 116 cm³/mol. The first-order valence-electron chi connectivity index (χ1n) is 7.82. The lowest BCUT2D eigenvalue weighted by Gasteiger charge is -2.19. The zero-order chi connectivity index (χ0) is 20.0. The van der Waals surface area contributed by atoms with Crippen molar-refractivity contribution in [3.05, 3.63) is 62.1 Å². The van der Waals surface area contributed by atoms with E-state index >= 15 is 0 Å². The van der Waals surface area contributed by atoms with Crippen LogP contribution in [0.1, 0.15) is 16.8 Å². The number of carbonyl (C=O) groups excluding carboxylic acids is 2. The molecule has 0 saturated heterocycles. The molecule has 0 aliphatic heterocycles. The highest BCUT2D eigenvalue weighted by Crippen LogP contribution is 2.25. The number of nitrogens with one attached hydrogen (secondary N) is 2. The summed E-state index contributed by atoms with van der Waals surface area (Å²) in [4.78, 5) is 25.2. The van der Waals surface area contributed by atoms with Crippen LogP contribution in [0.3, 0.4) is 0 Å². The molecule has 2 aromatic rings. The molecule has 144 valence electrons. The molecule has 0 aliphatic carbocycles. The zero-order valence-corrected chi connectivity index (χ0v) is 18.0. The van der Waals surface area contributed by atoms with Crippen LogP contribution in [-0.2, 0) is 4.79 Å². The van der Waals surface area contributed by atoms with Gasteiger partial charge in [-0.25, -0.2) is 0 Å². The zero-order valence-electron chi connectivity index (χ0n) is 14.2. The van der Waals surface area contributed by atoms with Crippen LogP contribution in [0, 0.1) is 0 Å². The number of amides is 2. The van der Waals surface area contributed by atoms with E-state index in [1.807, 2.05) is 6.26 Å². The number of anilines is 1. The van der Waals surface area contributed by atoms with Gasteiger partial charge in [-0.15, -0.1) is 0 Å². The summed E-state index contributed by atoms with van der Waals surface area (Å²) in [5, 5.41) is 6.82. The summed E-state index contributed by atoms with van der Waals surface area (Å²) < 4.78 is 0. The van der Waals surface area contributed by atoms with Gasteiger partial charge in [0, 0.05) is 10.7 Å². The largest absolute Gasteiger partial charge is 0.340 e. The number of carbonyl (C=O) groups is 2.